The van der Waals surface area contributed by atoms with Crippen LogP contribution in [-0.4, -0.2) is 55.8 Å². The second-order valence-electron chi connectivity index (χ2n) is 7.33. The van der Waals surface area contributed by atoms with Crippen LogP contribution in [0.3, 0.4) is 0 Å². The first-order valence-electron chi connectivity index (χ1n) is 9.74. The molecule has 1 N–H and O–H groups in total. The fraction of sp³-hybridized carbons (Fsp3) is 0.381. The second-order valence-corrected chi connectivity index (χ2v) is 9.64. The van der Waals surface area contributed by atoms with Gasteiger partial charge in [-0.05, 0) is 43.7 Å². The summed E-state index contributed by atoms with van der Waals surface area (Å²) in [6.07, 6.45) is 0. The molecule has 0 bridgehead atoms. The second kappa shape index (κ2) is 9.43. The molecule has 1 fully saturated rings. The zero-order valence-corrected chi connectivity index (χ0v) is 18.5. The smallest absolute Gasteiger partial charge is 0.244 e. The Labute approximate surface area is 181 Å². The van der Waals surface area contributed by atoms with E-state index in [1.165, 1.54) is 22.5 Å². The number of carbonyl (C=O) groups is 1. The van der Waals surface area contributed by atoms with Gasteiger partial charge in [0.15, 0.2) is 0 Å². The van der Waals surface area contributed by atoms with Gasteiger partial charge in [0.05, 0.1) is 17.1 Å². The predicted octanol–water partition coefficient (Wildman–Crippen LogP) is 3.05. The highest BCUT2D eigenvalue weighted by atomic mass is 35.5. The van der Waals surface area contributed by atoms with Crippen LogP contribution in [0.5, 0.6) is 0 Å². The van der Waals surface area contributed by atoms with Crippen LogP contribution in [0.4, 0.5) is 4.39 Å². The van der Waals surface area contributed by atoms with Crippen LogP contribution in [0.1, 0.15) is 25.5 Å². The van der Waals surface area contributed by atoms with E-state index in [-0.39, 0.29) is 40.8 Å². The molecule has 0 radical (unpaired) electrons. The van der Waals surface area contributed by atoms with Crippen LogP contribution in [0.25, 0.3) is 0 Å². The molecule has 1 aliphatic heterocycles. The van der Waals surface area contributed by atoms with E-state index < -0.39 is 16.1 Å². The zero-order valence-electron chi connectivity index (χ0n) is 16.9. The number of rotatable bonds is 6. The Morgan fingerprint density at radius 2 is 1.63 bits per heavy atom. The molecule has 162 valence electrons. The maximum Gasteiger partial charge on any atom is 0.244 e. The third kappa shape index (κ3) is 5.00. The van der Waals surface area contributed by atoms with E-state index in [1.54, 1.807) is 37.3 Å². The fourth-order valence-electron chi connectivity index (χ4n) is 3.46. The van der Waals surface area contributed by atoms with Gasteiger partial charge in [0.1, 0.15) is 10.7 Å². The molecule has 2 unspecified atom stereocenters. The van der Waals surface area contributed by atoms with Gasteiger partial charge in [-0.15, -0.1) is 0 Å². The number of carbonyl (C=O) groups excluding carboxylic acids is 1. The Morgan fingerprint density at radius 1 is 1.03 bits per heavy atom. The number of hydrogen-bond acceptors (Lipinski definition) is 4. The molecular formula is C21H25ClFN3O3S. The average molecular weight is 454 g/mol. The third-order valence-electron chi connectivity index (χ3n) is 5.38. The number of halogens is 2. The molecule has 1 amide bonds. The molecule has 3 rings (SSSR count). The Bertz CT molecular complexity index is 993. The van der Waals surface area contributed by atoms with E-state index in [0.29, 0.717) is 13.1 Å². The topological polar surface area (TPSA) is 69.7 Å². The van der Waals surface area contributed by atoms with Gasteiger partial charge in [0.2, 0.25) is 15.9 Å². The van der Waals surface area contributed by atoms with Crippen LogP contribution in [-0.2, 0) is 14.8 Å². The van der Waals surface area contributed by atoms with Crippen molar-refractivity contribution < 1.29 is 17.6 Å². The third-order valence-corrected chi connectivity index (χ3v) is 7.78. The monoisotopic (exact) mass is 453 g/mol. The van der Waals surface area contributed by atoms with Gasteiger partial charge < -0.3 is 5.32 Å². The van der Waals surface area contributed by atoms with Gasteiger partial charge >= 0.3 is 0 Å². The van der Waals surface area contributed by atoms with E-state index in [0.717, 1.165) is 5.56 Å². The van der Waals surface area contributed by atoms with Gasteiger partial charge in [-0.1, -0.05) is 35.9 Å². The van der Waals surface area contributed by atoms with Crippen molar-refractivity contribution in [2.24, 2.45) is 0 Å². The summed E-state index contributed by atoms with van der Waals surface area (Å²) < 4.78 is 40.2. The predicted molar refractivity (Wildman–Crippen MR) is 114 cm³/mol. The summed E-state index contributed by atoms with van der Waals surface area (Å²) in [5.41, 5.74) is 0.813. The summed E-state index contributed by atoms with van der Waals surface area (Å²) in [6, 6.07) is 11.7. The Hall–Kier alpha value is -2.00. The first-order chi connectivity index (χ1) is 14.2. The van der Waals surface area contributed by atoms with Crippen molar-refractivity contribution in [1.82, 2.24) is 14.5 Å². The van der Waals surface area contributed by atoms with Crippen LogP contribution in [0.15, 0.2) is 53.4 Å². The number of nitrogens with zero attached hydrogens (tertiary/aromatic N) is 2. The van der Waals surface area contributed by atoms with Crippen molar-refractivity contribution in [3.8, 4) is 0 Å². The normalized spacial score (nSPS) is 18.0. The Kier molecular flexibility index (Phi) is 7.13. The lowest BCUT2D eigenvalue weighted by Gasteiger charge is -2.37. The molecule has 1 aliphatic rings. The molecule has 2 aromatic carbocycles. The molecule has 1 heterocycles. The lowest BCUT2D eigenvalue weighted by Crippen LogP contribution is -2.55. The van der Waals surface area contributed by atoms with E-state index in [4.69, 9.17) is 11.6 Å². The highest BCUT2D eigenvalue weighted by Crippen LogP contribution is 2.25. The van der Waals surface area contributed by atoms with Gasteiger partial charge in [0.25, 0.3) is 0 Å². The highest BCUT2D eigenvalue weighted by Gasteiger charge is 2.33. The first kappa shape index (κ1) is 22.7. The maximum absolute atomic E-state index is 13.1. The van der Waals surface area contributed by atoms with Crippen LogP contribution < -0.4 is 5.32 Å². The van der Waals surface area contributed by atoms with Crippen molar-refractivity contribution in [1.29, 1.82) is 0 Å². The van der Waals surface area contributed by atoms with Crippen LogP contribution in [0, 0.1) is 5.82 Å². The van der Waals surface area contributed by atoms with E-state index >= 15 is 0 Å². The number of hydrogen-bond donors (Lipinski definition) is 1. The van der Waals surface area contributed by atoms with E-state index in [2.05, 4.69) is 5.32 Å². The lowest BCUT2D eigenvalue weighted by atomic mass is 10.1. The molecule has 0 saturated carbocycles. The maximum atomic E-state index is 13.1. The summed E-state index contributed by atoms with van der Waals surface area (Å²) >= 11 is 6.07. The summed E-state index contributed by atoms with van der Waals surface area (Å²) in [5.74, 6) is -0.482. The molecule has 30 heavy (non-hydrogen) atoms. The number of amides is 1. The molecule has 0 spiro atoms. The van der Waals surface area contributed by atoms with Gasteiger partial charge in [-0.25, -0.2) is 12.8 Å². The number of sulfonamides is 1. The molecule has 9 heteroatoms. The molecule has 1 saturated heterocycles. The van der Waals surface area contributed by atoms with Gasteiger partial charge in [0, 0.05) is 26.2 Å². The number of benzene rings is 2. The highest BCUT2D eigenvalue weighted by molar-refractivity contribution is 7.89. The quantitative estimate of drug-likeness (QED) is 0.729. The number of piperazine rings is 1. The molecule has 0 aromatic heterocycles. The van der Waals surface area contributed by atoms with Gasteiger partial charge in [-0.2, -0.15) is 4.31 Å². The summed E-state index contributed by atoms with van der Waals surface area (Å²) in [5, 5.41) is 3.13. The lowest BCUT2D eigenvalue weighted by molar-refractivity contribution is -0.127. The Balaban J connectivity index is 1.58. The summed E-state index contributed by atoms with van der Waals surface area (Å²) in [6.45, 7) is 5.06. The van der Waals surface area contributed by atoms with Crippen molar-refractivity contribution in [2.45, 2.75) is 30.8 Å². The average Bonchev–Trinajstić information content (AvgIpc) is 2.74. The van der Waals surface area contributed by atoms with E-state index in [9.17, 15) is 17.6 Å². The van der Waals surface area contributed by atoms with E-state index in [1.807, 2.05) is 11.8 Å². The number of nitrogens with one attached hydrogen (secondary N) is 1. The molecule has 6 nitrogen and oxygen atoms in total. The molecule has 0 aliphatic carbocycles. The largest absolute Gasteiger partial charge is 0.348 e. The zero-order chi connectivity index (χ0) is 21.9. The summed E-state index contributed by atoms with van der Waals surface area (Å²) in [4.78, 5) is 14.7. The Morgan fingerprint density at radius 3 is 2.23 bits per heavy atom. The molecule has 2 atom stereocenters. The van der Waals surface area contributed by atoms with Crippen molar-refractivity contribution in [3.63, 3.8) is 0 Å². The van der Waals surface area contributed by atoms with Crippen LogP contribution >= 0.6 is 11.6 Å². The van der Waals surface area contributed by atoms with Crippen molar-refractivity contribution >= 4 is 27.5 Å². The minimum atomic E-state index is -3.68. The van der Waals surface area contributed by atoms with Crippen LogP contribution in [0.2, 0.25) is 5.02 Å². The summed E-state index contributed by atoms with van der Waals surface area (Å²) in [7, 11) is -3.68. The fourth-order valence-corrected chi connectivity index (χ4v) is 5.37. The molecular weight excluding hydrogens is 429 g/mol. The minimum absolute atomic E-state index is 0.0963. The standard InChI is InChI=1S/C21H25ClFN3O3S/c1-15(17-7-9-18(23)10-8-17)24-21(27)16(2)25-11-13-26(14-12-25)30(28,29)20-6-4-3-5-19(20)22/h3-10,15-16H,11-14H2,1-2H3,(H,24,27). The van der Waals surface area contributed by atoms with Gasteiger partial charge in [-0.3, -0.25) is 9.69 Å². The SMILES string of the molecule is CC(NC(=O)C(C)N1CCN(S(=O)(=O)c2ccccc2Cl)CC1)c1ccc(F)cc1. The minimum Gasteiger partial charge on any atom is -0.348 e. The molecule has 2 aromatic rings. The van der Waals surface area contributed by atoms with Crippen molar-refractivity contribution in [2.75, 3.05) is 26.2 Å². The first-order valence-corrected chi connectivity index (χ1v) is 11.6. The van der Waals surface area contributed by atoms with Crippen molar-refractivity contribution in [3.05, 3.63) is 64.9 Å².